The van der Waals surface area contributed by atoms with Crippen LogP contribution in [0.1, 0.15) is 35.4 Å². The van der Waals surface area contributed by atoms with E-state index in [2.05, 4.69) is 49.7 Å². The molecule has 3 heterocycles. The molecular weight excluding hydrogens is 422 g/mol. The lowest BCUT2D eigenvalue weighted by Crippen LogP contribution is -2.39. The van der Waals surface area contributed by atoms with E-state index in [1.165, 1.54) is 19.3 Å². The number of benzene rings is 1. The number of morpholine rings is 1. The quantitative estimate of drug-likeness (QED) is 0.728. The molecule has 2 aliphatic rings. The summed E-state index contributed by atoms with van der Waals surface area (Å²) < 4.78 is 11.8. The zero-order valence-electron chi connectivity index (χ0n) is 15.9. The Kier molecular flexibility index (Phi) is 6.34. The number of amides is 1. The molecule has 0 radical (unpaired) electrons. The van der Waals surface area contributed by atoms with Crippen LogP contribution in [0.4, 0.5) is 11.4 Å². The van der Waals surface area contributed by atoms with Crippen LogP contribution in [0.5, 0.6) is 0 Å². The fourth-order valence-corrected chi connectivity index (χ4v) is 4.16. The normalized spacial score (nSPS) is 20.2. The number of nitrogens with one attached hydrogen (secondary N) is 2. The summed E-state index contributed by atoms with van der Waals surface area (Å²) in [6.45, 7) is 4.54. The lowest BCUT2D eigenvalue weighted by atomic mass is 10.0. The Balaban J connectivity index is 1.57. The van der Waals surface area contributed by atoms with Gasteiger partial charge in [-0.3, -0.25) is 4.79 Å². The number of anilines is 2. The molecule has 1 unspecified atom stereocenters. The molecule has 1 amide bonds. The Labute approximate surface area is 173 Å². The topological polar surface area (TPSA) is 66.7 Å². The van der Waals surface area contributed by atoms with Gasteiger partial charge in [-0.2, -0.15) is 0 Å². The van der Waals surface area contributed by atoms with Gasteiger partial charge in [0.05, 0.1) is 24.1 Å². The molecule has 2 saturated heterocycles. The van der Waals surface area contributed by atoms with Gasteiger partial charge in [-0.25, -0.2) is 0 Å². The molecule has 2 fully saturated rings. The van der Waals surface area contributed by atoms with Crippen molar-refractivity contribution in [1.29, 1.82) is 0 Å². The molecule has 1 aromatic heterocycles. The Bertz CT molecular complexity index is 811. The van der Waals surface area contributed by atoms with E-state index in [-0.39, 0.29) is 12.0 Å². The monoisotopic (exact) mass is 447 g/mol. The number of carbonyl (C=O) groups is 1. The first-order valence-corrected chi connectivity index (χ1v) is 10.8. The van der Waals surface area contributed by atoms with Crippen LogP contribution in [-0.2, 0) is 11.2 Å². The van der Waals surface area contributed by atoms with Crippen molar-refractivity contribution in [2.45, 2.75) is 31.8 Å². The standard InChI is InChI=1S/C21H26BrN3O3/c22-20-7-6-19(28-20)21(26)24-17-13-15(12-16-14-23-8-11-27-16)4-5-18(17)25-9-2-1-3-10-25/h4-7,13,16,23H,1-3,8-12,14H2,(H,24,26). The molecule has 2 N–H and O–H groups in total. The van der Waals surface area contributed by atoms with E-state index < -0.39 is 0 Å². The van der Waals surface area contributed by atoms with Crippen LogP contribution >= 0.6 is 15.9 Å². The Morgan fingerprint density at radius 1 is 1.21 bits per heavy atom. The van der Waals surface area contributed by atoms with E-state index in [4.69, 9.17) is 9.15 Å². The van der Waals surface area contributed by atoms with Gasteiger partial charge in [-0.1, -0.05) is 6.07 Å². The number of piperidine rings is 1. The summed E-state index contributed by atoms with van der Waals surface area (Å²) in [4.78, 5) is 15.0. The fourth-order valence-electron chi connectivity index (χ4n) is 3.85. The van der Waals surface area contributed by atoms with E-state index >= 15 is 0 Å². The number of furan rings is 1. The van der Waals surface area contributed by atoms with Crippen LogP contribution in [-0.4, -0.2) is 44.8 Å². The minimum absolute atomic E-state index is 0.166. The van der Waals surface area contributed by atoms with Gasteiger partial charge in [0.15, 0.2) is 10.4 Å². The van der Waals surface area contributed by atoms with E-state index in [1.54, 1.807) is 12.1 Å². The van der Waals surface area contributed by atoms with Crippen LogP contribution in [0.15, 0.2) is 39.4 Å². The lowest BCUT2D eigenvalue weighted by molar-refractivity contribution is 0.0292. The first-order valence-electron chi connectivity index (χ1n) is 9.96. The first kappa shape index (κ1) is 19.5. The molecule has 2 aromatic rings. The molecule has 0 spiro atoms. The highest BCUT2D eigenvalue weighted by atomic mass is 79.9. The van der Waals surface area contributed by atoms with Crippen molar-refractivity contribution in [3.8, 4) is 0 Å². The van der Waals surface area contributed by atoms with Crippen molar-refractivity contribution in [1.82, 2.24) is 5.32 Å². The third-order valence-corrected chi connectivity index (χ3v) is 5.70. The molecular formula is C21H26BrN3O3. The molecule has 7 heteroatoms. The summed E-state index contributed by atoms with van der Waals surface area (Å²) in [5, 5.41) is 6.43. The van der Waals surface area contributed by atoms with Crippen molar-refractivity contribution >= 4 is 33.2 Å². The zero-order valence-corrected chi connectivity index (χ0v) is 17.5. The van der Waals surface area contributed by atoms with Crippen LogP contribution in [0.2, 0.25) is 0 Å². The van der Waals surface area contributed by atoms with Crippen LogP contribution in [0.3, 0.4) is 0 Å². The SMILES string of the molecule is O=C(Nc1cc(CC2CNCCO2)ccc1N1CCCCC1)c1ccc(Br)o1. The molecule has 6 nitrogen and oxygen atoms in total. The number of hydrogen-bond acceptors (Lipinski definition) is 5. The summed E-state index contributed by atoms with van der Waals surface area (Å²) >= 11 is 3.26. The zero-order chi connectivity index (χ0) is 19.3. The summed E-state index contributed by atoms with van der Waals surface area (Å²) in [5.74, 6) is 0.0541. The van der Waals surface area contributed by atoms with Crippen molar-refractivity contribution < 1.29 is 13.9 Å². The second-order valence-corrected chi connectivity index (χ2v) is 8.14. The molecule has 2 aliphatic heterocycles. The smallest absolute Gasteiger partial charge is 0.291 e. The molecule has 1 aromatic carbocycles. The third-order valence-electron chi connectivity index (χ3n) is 5.27. The summed E-state index contributed by atoms with van der Waals surface area (Å²) in [5.41, 5.74) is 3.07. The van der Waals surface area contributed by atoms with E-state index in [0.29, 0.717) is 10.4 Å². The second kappa shape index (κ2) is 9.11. The molecule has 0 saturated carbocycles. The maximum absolute atomic E-state index is 12.7. The predicted molar refractivity (Wildman–Crippen MR) is 113 cm³/mol. The van der Waals surface area contributed by atoms with Gasteiger partial charge in [-0.05, 0) is 71.4 Å². The van der Waals surface area contributed by atoms with Crippen molar-refractivity contribution in [3.63, 3.8) is 0 Å². The lowest BCUT2D eigenvalue weighted by Gasteiger charge is -2.31. The van der Waals surface area contributed by atoms with Crippen molar-refractivity contribution in [2.75, 3.05) is 43.0 Å². The largest absolute Gasteiger partial charge is 0.444 e. The van der Waals surface area contributed by atoms with Crippen molar-refractivity contribution in [2.24, 2.45) is 0 Å². The van der Waals surface area contributed by atoms with Gasteiger partial charge in [0.2, 0.25) is 0 Å². The molecule has 0 aliphatic carbocycles. The average Bonchev–Trinajstić information content (AvgIpc) is 3.16. The van der Waals surface area contributed by atoms with Gasteiger partial charge in [-0.15, -0.1) is 0 Å². The molecule has 150 valence electrons. The first-order chi connectivity index (χ1) is 13.7. The molecule has 4 rings (SSSR count). The summed E-state index contributed by atoms with van der Waals surface area (Å²) in [6, 6.07) is 9.76. The number of hydrogen-bond donors (Lipinski definition) is 2. The van der Waals surface area contributed by atoms with Gasteiger partial charge in [0.25, 0.3) is 5.91 Å². The van der Waals surface area contributed by atoms with Crippen molar-refractivity contribution in [3.05, 3.63) is 46.3 Å². The molecule has 1 atom stereocenters. The maximum Gasteiger partial charge on any atom is 0.291 e. The van der Waals surface area contributed by atoms with Gasteiger partial charge < -0.3 is 24.7 Å². The van der Waals surface area contributed by atoms with E-state index in [1.807, 2.05) is 0 Å². The second-order valence-electron chi connectivity index (χ2n) is 7.36. The number of rotatable bonds is 5. The summed E-state index contributed by atoms with van der Waals surface area (Å²) in [6.07, 6.45) is 4.62. The van der Waals surface area contributed by atoms with Gasteiger partial charge in [0, 0.05) is 26.2 Å². The van der Waals surface area contributed by atoms with E-state index in [9.17, 15) is 4.79 Å². The number of halogens is 1. The Morgan fingerprint density at radius 3 is 2.79 bits per heavy atom. The summed E-state index contributed by atoms with van der Waals surface area (Å²) in [7, 11) is 0. The predicted octanol–water partition coefficient (Wildman–Crippen LogP) is 3.82. The van der Waals surface area contributed by atoms with Crippen LogP contribution in [0, 0.1) is 0 Å². The minimum Gasteiger partial charge on any atom is -0.444 e. The highest BCUT2D eigenvalue weighted by Crippen LogP contribution is 2.31. The molecule has 28 heavy (non-hydrogen) atoms. The van der Waals surface area contributed by atoms with Gasteiger partial charge in [0.1, 0.15) is 0 Å². The van der Waals surface area contributed by atoms with Gasteiger partial charge >= 0.3 is 0 Å². The third kappa shape index (κ3) is 4.77. The number of nitrogens with zero attached hydrogens (tertiary/aromatic N) is 1. The number of ether oxygens (including phenoxy) is 1. The Hall–Kier alpha value is -1.83. The van der Waals surface area contributed by atoms with E-state index in [0.717, 1.165) is 56.1 Å². The average molecular weight is 448 g/mol. The number of carbonyl (C=O) groups excluding carboxylic acids is 1. The molecule has 0 bridgehead atoms. The minimum atomic E-state index is -0.239. The highest BCUT2D eigenvalue weighted by molar-refractivity contribution is 9.10. The van der Waals surface area contributed by atoms with Crippen LogP contribution in [0.25, 0.3) is 0 Å². The maximum atomic E-state index is 12.7. The van der Waals surface area contributed by atoms with Crippen LogP contribution < -0.4 is 15.5 Å². The highest BCUT2D eigenvalue weighted by Gasteiger charge is 2.20. The Morgan fingerprint density at radius 2 is 2.07 bits per heavy atom. The fraction of sp³-hybridized carbons (Fsp3) is 0.476.